The summed E-state index contributed by atoms with van der Waals surface area (Å²) in [6.45, 7) is 0. The Morgan fingerprint density at radius 3 is 2.15 bits per heavy atom. The largest absolute Gasteiger partial charge is 0.203 e. The van der Waals surface area contributed by atoms with Gasteiger partial charge in [0.05, 0.1) is 7.11 Å². The van der Waals surface area contributed by atoms with Gasteiger partial charge < -0.3 is 4.74 Å². The first kappa shape index (κ1) is 20.0. The van der Waals surface area contributed by atoms with E-state index < -0.39 is 11.6 Å². The minimum Gasteiger partial charge on any atom is -0.203 e. The first-order chi connectivity index (χ1) is 12.6. The molecule has 0 unspecified atom stereocenters. The molecule has 26 heavy (non-hydrogen) atoms. The van der Waals surface area contributed by atoms with Crippen molar-refractivity contribution < 1.29 is 32.7 Å². The van der Waals surface area contributed by atoms with Crippen LogP contribution in [0.2, 0.25) is 0 Å². The molecule has 2 aliphatic carbocycles. The van der Waals surface area contributed by atoms with Crippen LogP contribution < -0.4 is 4.74 Å². The molecule has 1 nitrogen and oxygen atoms in total. The number of hydrogen-bond donors (Lipinski definition) is 0. The standard InChI is InChI=1S/C22H29F2O.Re/c1-3-4-15-5-7-16(8-6-15)17-9-11-18(12-10-17)19-13-14-20(25-2)22(24)21(19)23;/h1,3,13-18H,4-12H2,2H3;. The molecule has 0 radical (unpaired) electrons. The van der Waals surface area contributed by atoms with E-state index in [0.29, 0.717) is 5.56 Å². The Balaban J connectivity index is 1.53. The van der Waals surface area contributed by atoms with Gasteiger partial charge in [-0.25, -0.2) is 4.39 Å². The van der Waals surface area contributed by atoms with Crippen molar-refractivity contribution >= 4 is 0 Å². The van der Waals surface area contributed by atoms with Gasteiger partial charge in [-0.3, -0.25) is 0 Å². The third kappa shape index (κ3) is 4.57. The quantitative estimate of drug-likeness (QED) is 0.420. The summed E-state index contributed by atoms with van der Waals surface area (Å²) in [7, 11) is 1.37. The van der Waals surface area contributed by atoms with E-state index in [0.717, 1.165) is 43.4 Å². The first-order valence-electron chi connectivity index (χ1n) is 9.91. The van der Waals surface area contributed by atoms with Crippen molar-refractivity contribution in [2.75, 3.05) is 7.11 Å². The average Bonchev–Trinajstić information content (AvgIpc) is 2.69. The summed E-state index contributed by atoms with van der Waals surface area (Å²) in [5.74, 6) is 1.10. The van der Waals surface area contributed by atoms with E-state index >= 15 is 0 Å². The van der Waals surface area contributed by atoms with Crippen LogP contribution >= 0.6 is 0 Å². The van der Waals surface area contributed by atoms with Crippen LogP contribution in [0.15, 0.2) is 22.8 Å². The molecule has 1 aromatic rings. The molecule has 0 spiro atoms. The summed E-state index contributed by atoms with van der Waals surface area (Å²) in [5, 5.41) is 0. The van der Waals surface area contributed by atoms with Gasteiger partial charge >= 0.3 is 117 Å². The van der Waals surface area contributed by atoms with Crippen molar-refractivity contribution in [3.63, 3.8) is 0 Å². The minimum atomic E-state index is -0.840. The van der Waals surface area contributed by atoms with E-state index in [1.165, 1.54) is 39.2 Å². The molecule has 0 aromatic heterocycles. The Labute approximate surface area is 167 Å². The second kappa shape index (κ2) is 9.47. The molecule has 0 aliphatic heterocycles. The van der Waals surface area contributed by atoms with Gasteiger partial charge in [-0.1, -0.05) is 6.07 Å². The van der Waals surface area contributed by atoms with Gasteiger partial charge in [0.15, 0.2) is 11.6 Å². The van der Waals surface area contributed by atoms with Gasteiger partial charge in [-0.2, -0.15) is 4.39 Å². The Morgan fingerprint density at radius 2 is 1.58 bits per heavy atom. The second-order valence-electron chi connectivity index (χ2n) is 7.97. The van der Waals surface area contributed by atoms with Crippen molar-refractivity contribution in [3.05, 3.63) is 40.0 Å². The molecular weight excluding hydrogens is 504 g/mol. The fraction of sp³-hybridized carbons (Fsp3) is 0.636. The molecule has 0 bridgehead atoms. The van der Waals surface area contributed by atoms with E-state index in [9.17, 15) is 8.78 Å². The number of halogens is 2. The summed E-state index contributed by atoms with van der Waals surface area (Å²) in [6.07, 6.45) is 13.3. The third-order valence-electron chi connectivity index (χ3n) is 6.62. The topological polar surface area (TPSA) is 9.23 Å². The number of benzene rings is 1. The van der Waals surface area contributed by atoms with Crippen molar-refractivity contribution in [2.45, 2.75) is 63.7 Å². The average molecular weight is 534 g/mol. The zero-order valence-electron chi connectivity index (χ0n) is 15.5. The van der Waals surface area contributed by atoms with E-state index in [-0.39, 0.29) is 11.7 Å². The number of rotatable bonds is 5. The molecule has 0 saturated heterocycles. The van der Waals surface area contributed by atoms with Gasteiger partial charge in [0, 0.05) is 0 Å². The van der Waals surface area contributed by atoms with Crippen LogP contribution in [-0.2, 0) is 19.2 Å². The van der Waals surface area contributed by atoms with E-state index in [1.807, 2.05) is 0 Å². The van der Waals surface area contributed by atoms with Crippen molar-refractivity contribution in [3.8, 4) is 5.75 Å². The van der Waals surface area contributed by atoms with Crippen molar-refractivity contribution in [2.24, 2.45) is 17.8 Å². The van der Waals surface area contributed by atoms with Crippen LogP contribution in [0.3, 0.4) is 0 Å². The molecule has 3 rings (SSSR count). The molecule has 4 heteroatoms. The zero-order chi connectivity index (χ0) is 18.5. The SMILES string of the molecule is COc1ccc(C2CCC(C3CCC(C/C=[CH]/[Re])CC3)CC2)c(F)c1F. The number of hydrogen-bond acceptors (Lipinski definition) is 1. The maximum absolute atomic E-state index is 14.4. The van der Waals surface area contributed by atoms with Crippen LogP contribution in [0.4, 0.5) is 8.78 Å². The zero-order valence-corrected chi connectivity index (χ0v) is 18.2. The van der Waals surface area contributed by atoms with Gasteiger partial charge in [0.25, 0.3) is 0 Å². The fourth-order valence-electron chi connectivity index (χ4n) is 5.06. The smallest absolute Gasteiger partial charge is 0.200 e. The van der Waals surface area contributed by atoms with Crippen molar-refractivity contribution in [1.82, 2.24) is 0 Å². The van der Waals surface area contributed by atoms with Crippen LogP contribution in [0, 0.1) is 29.4 Å². The Hall–Kier alpha value is -0.718. The molecule has 1 aromatic carbocycles. The maximum atomic E-state index is 14.4. The molecule has 144 valence electrons. The molecule has 0 atom stereocenters. The third-order valence-corrected chi connectivity index (χ3v) is 7.27. The van der Waals surface area contributed by atoms with Crippen LogP contribution in [-0.4, -0.2) is 7.11 Å². The van der Waals surface area contributed by atoms with Crippen LogP contribution in [0.25, 0.3) is 0 Å². The number of ether oxygens (including phenoxy) is 1. The van der Waals surface area contributed by atoms with E-state index in [2.05, 4.69) is 10.6 Å². The molecule has 0 heterocycles. The van der Waals surface area contributed by atoms with Gasteiger partial charge in [0.1, 0.15) is 0 Å². The summed E-state index contributed by atoms with van der Waals surface area (Å²) >= 11 is 1.73. The van der Waals surface area contributed by atoms with E-state index in [4.69, 9.17) is 4.74 Å². The predicted octanol–water partition coefficient (Wildman–Crippen LogP) is 6.50. The summed E-state index contributed by atoms with van der Waals surface area (Å²) < 4.78 is 35.5. The minimum absolute atomic E-state index is 0.00412. The molecule has 2 fully saturated rings. The van der Waals surface area contributed by atoms with Crippen molar-refractivity contribution in [1.29, 1.82) is 0 Å². The fourth-order valence-corrected chi connectivity index (χ4v) is 5.43. The molecule has 2 saturated carbocycles. The van der Waals surface area contributed by atoms with Gasteiger partial charge in [0.2, 0.25) is 5.82 Å². The number of methoxy groups -OCH3 is 1. The molecule has 0 amide bonds. The second-order valence-corrected chi connectivity index (χ2v) is 8.88. The Bertz CT molecular complexity index is 615. The van der Waals surface area contributed by atoms with E-state index in [1.54, 1.807) is 31.3 Å². The van der Waals surface area contributed by atoms with Gasteiger partial charge in [-0.15, -0.1) is 0 Å². The molecular formula is C22H29F2ORe. The maximum Gasteiger partial charge on any atom is 0.200 e. The van der Waals surface area contributed by atoms with Crippen LogP contribution in [0.5, 0.6) is 5.75 Å². The Morgan fingerprint density at radius 1 is 0.962 bits per heavy atom. The summed E-state index contributed by atoms with van der Waals surface area (Å²) in [4.78, 5) is 0. The Kier molecular flexibility index (Phi) is 7.29. The molecule has 2 aliphatic rings. The predicted molar refractivity (Wildman–Crippen MR) is 96.8 cm³/mol. The van der Waals surface area contributed by atoms with Gasteiger partial charge in [-0.05, 0) is 6.07 Å². The monoisotopic (exact) mass is 534 g/mol. The molecule has 0 N–H and O–H groups in total. The normalized spacial score (nSPS) is 29.8. The summed E-state index contributed by atoms with van der Waals surface area (Å²) in [6, 6.07) is 3.28. The summed E-state index contributed by atoms with van der Waals surface area (Å²) in [5.41, 5.74) is 0.540. The number of allylic oxidation sites excluding steroid dienone is 1. The first-order valence-corrected chi connectivity index (χ1v) is 11.5. The van der Waals surface area contributed by atoms with Crippen LogP contribution in [0.1, 0.15) is 69.3 Å².